The summed E-state index contributed by atoms with van der Waals surface area (Å²) in [5.41, 5.74) is 0.454. The quantitative estimate of drug-likeness (QED) is 0.866. The van der Waals surface area contributed by atoms with Gasteiger partial charge in [-0.15, -0.1) is 0 Å². The number of methoxy groups -OCH3 is 1. The molecular formula is C14H13ClFNO3. The highest BCUT2D eigenvalue weighted by molar-refractivity contribution is 6.33. The SMILES string of the molecule is COC(=O)c1ccc(C(C)Nc2cc(F)ccc2Cl)o1. The van der Waals surface area contributed by atoms with E-state index in [1.54, 1.807) is 13.0 Å². The summed E-state index contributed by atoms with van der Waals surface area (Å²) in [5.74, 6) is -0.307. The van der Waals surface area contributed by atoms with E-state index in [2.05, 4.69) is 10.1 Å². The first-order chi connectivity index (χ1) is 9.51. The molecular weight excluding hydrogens is 285 g/mol. The number of carbonyl (C=O) groups is 1. The van der Waals surface area contributed by atoms with Gasteiger partial charge >= 0.3 is 5.97 Å². The predicted molar refractivity (Wildman–Crippen MR) is 73.5 cm³/mol. The van der Waals surface area contributed by atoms with Crippen molar-refractivity contribution >= 4 is 23.3 Å². The minimum absolute atomic E-state index is 0.112. The van der Waals surface area contributed by atoms with Gasteiger partial charge in [0.2, 0.25) is 5.76 Å². The van der Waals surface area contributed by atoms with Gasteiger partial charge in [0, 0.05) is 0 Å². The Balaban J connectivity index is 2.15. The van der Waals surface area contributed by atoms with Crippen LogP contribution in [0.1, 0.15) is 29.3 Å². The minimum atomic E-state index is -0.549. The average molecular weight is 298 g/mol. The number of hydrogen-bond donors (Lipinski definition) is 1. The van der Waals surface area contributed by atoms with Gasteiger partial charge in [-0.1, -0.05) is 11.6 Å². The average Bonchev–Trinajstić information content (AvgIpc) is 2.91. The van der Waals surface area contributed by atoms with Gasteiger partial charge in [-0.05, 0) is 37.3 Å². The van der Waals surface area contributed by atoms with E-state index in [4.69, 9.17) is 16.0 Å². The lowest BCUT2D eigenvalue weighted by molar-refractivity contribution is 0.0562. The molecule has 1 unspecified atom stereocenters. The molecule has 2 aromatic rings. The fourth-order valence-corrected chi connectivity index (χ4v) is 1.88. The highest BCUT2D eigenvalue weighted by Gasteiger charge is 2.16. The molecule has 1 aromatic carbocycles. The molecule has 20 heavy (non-hydrogen) atoms. The second kappa shape index (κ2) is 5.96. The Morgan fingerprint density at radius 1 is 1.40 bits per heavy atom. The van der Waals surface area contributed by atoms with E-state index in [1.807, 2.05) is 0 Å². The van der Waals surface area contributed by atoms with Crippen molar-refractivity contribution in [1.29, 1.82) is 0 Å². The summed E-state index contributed by atoms with van der Waals surface area (Å²) in [6.07, 6.45) is 0. The molecule has 1 aromatic heterocycles. The van der Waals surface area contributed by atoms with Crippen LogP contribution >= 0.6 is 11.6 Å². The van der Waals surface area contributed by atoms with Gasteiger partial charge in [0.05, 0.1) is 23.9 Å². The van der Waals surface area contributed by atoms with Crippen molar-refractivity contribution in [1.82, 2.24) is 0 Å². The summed E-state index contributed by atoms with van der Waals surface area (Å²) in [6, 6.07) is 6.92. The standard InChI is InChI=1S/C14H13ClFNO3/c1-8(12-5-6-13(20-12)14(18)19-2)17-11-7-9(16)3-4-10(11)15/h3-8,17H,1-2H3. The first-order valence-corrected chi connectivity index (χ1v) is 6.28. The van der Waals surface area contributed by atoms with Gasteiger partial charge in [0.25, 0.3) is 0 Å². The van der Waals surface area contributed by atoms with Crippen molar-refractivity contribution in [3.63, 3.8) is 0 Å². The molecule has 2 rings (SSSR count). The Morgan fingerprint density at radius 2 is 2.15 bits per heavy atom. The predicted octanol–water partition coefficient (Wildman–Crippen LogP) is 4.03. The van der Waals surface area contributed by atoms with Crippen molar-refractivity contribution in [3.8, 4) is 0 Å². The van der Waals surface area contributed by atoms with E-state index in [0.717, 1.165) is 0 Å². The first kappa shape index (κ1) is 14.4. The van der Waals surface area contributed by atoms with Crippen molar-refractivity contribution in [2.75, 3.05) is 12.4 Å². The summed E-state index contributed by atoms with van der Waals surface area (Å²) in [4.78, 5) is 11.3. The van der Waals surface area contributed by atoms with Crippen LogP contribution in [0.3, 0.4) is 0 Å². The monoisotopic (exact) mass is 297 g/mol. The lowest BCUT2D eigenvalue weighted by atomic mass is 10.2. The van der Waals surface area contributed by atoms with Crippen LogP contribution in [0, 0.1) is 5.82 Å². The van der Waals surface area contributed by atoms with Crippen LogP contribution in [-0.4, -0.2) is 13.1 Å². The largest absolute Gasteiger partial charge is 0.463 e. The topological polar surface area (TPSA) is 51.5 Å². The molecule has 106 valence electrons. The number of ether oxygens (including phenoxy) is 1. The summed E-state index contributed by atoms with van der Waals surface area (Å²) < 4.78 is 23.1. The molecule has 0 spiro atoms. The third-order valence-electron chi connectivity index (χ3n) is 2.74. The van der Waals surface area contributed by atoms with Crippen molar-refractivity contribution < 1.29 is 18.3 Å². The zero-order valence-corrected chi connectivity index (χ0v) is 11.7. The molecule has 0 saturated heterocycles. The zero-order chi connectivity index (χ0) is 14.7. The van der Waals surface area contributed by atoms with Crippen LogP contribution in [0.15, 0.2) is 34.7 Å². The summed E-state index contributed by atoms with van der Waals surface area (Å²) >= 11 is 5.97. The van der Waals surface area contributed by atoms with E-state index in [9.17, 15) is 9.18 Å². The molecule has 0 radical (unpaired) electrons. The molecule has 0 amide bonds. The second-order valence-electron chi connectivity index (χ2n) is 4.18. The molecule has 1 N–H and O–H groups in total. The van der Waals surface area contributed by atoms with Crippen molar-refractivity contribution in [3.05, 3.63) is 52.7 Å². The maximum Gasteiger partial charge on any atom is 0.373 e. The van der Waals surface area contributed by atoms with Gasteiger partial charge in [-0.25, -0.2) is 9.18 Å². The fourth-order valence-electron chi connectivity index (χ4n) is 1.71. The number of furan rings is 1. The first-order valence-electron chi connectivity index (χ1n) is 5.91. The molecule has 1 atom stereocenters. The van der Waals surface area contributed by atoms with E-state index < -0.39 is 11.8 Å². The molecule has 1 heterocycles. The maximum atomic E-state index is 13.2. The third kappa shape index (κ3) is 3.11. The van der Waals surface area contributed by atoms with Crippen molar-refractivity contribution in [2.24, 2.45) is 0 Å². The van der Waals surface area contributed by atoms with E-state index in [-0.39, 0.29) is 11.8 Å². The van der Waals surface area contributed by atoms with Crippen LogP contribution in [0.4, 0.5) is 10.1 Å². The highest BCUT2D eigenvalue weighted by Crippen LogP contribution is 2.27. The number of rotatable bonds is 4. The van der Waals surface area contributed by atoms with Gasteiger partial charge < -0.3 is 14.5 Å². The Bertz CT molecular complexity index is 627. The lowest BCUT2D eigenvalue weighted by Gasteiger charge is -2.14. The second-order valence-corrected chi connectivity index (χ2v) is 4.59. The van der Waals surface area contributed by atoms with Crippen molar-refractivity contribution in [2.45, 2.75) is 13.0 Å². The van der Waals surface area contributed by atoms with Gasteiger partial charge in [-0.3, -0.25) is 0 Å². The number of esters is 1. The lowest BCUT2D eigenvalue weighted by Crippen LogP contribution is -2.06. The molecule has 0 aliphatic heterocycles. The van der Waals surface area contributed by atoms with Crippen LogP contribution in [-0.2, 0) is 4.74 Å². The van der Waals surface area contributed by atoms with E-state index in [1.165, 1.54) is 31.4 Å². The van der Waals surface area contributed by atoms with E-state index >= 15 is 0 Å². The van der Waals surface area contributed by atoms with Gasteiger partial charge in [0.15, 0.2) is 0 Å². The molecule has 0 bridgehead atoms. The highest BCUT2D eigenvalue weighted by atomic mass is 35.5. The van der Waals surface area contributed by atoms with E-state index in [0.29, 0.717) is 16.5 Å². The fraction of sp³-hybridized carbons (Fsp3) is 0.214. The van der Waals surface area contributed by atoms with Gasteiger partial charge in [0.1, 0.15) is 11.6 Å². The Labute approximate surface area is 120 Å². The normalized spacial score (nSPS) is 12.0. The molecule has 0 saturated carbocycles. The number of halogens is 2. The third-order valence-corrected chi connectivity index (χ3v) is 3.07. The van der Waals surface area contributed by atoms with Gasteiger partial charge in [-0.2, -0.15) is 0 Å². The molecule has 0 fully saturated rings. The number of hydrogen-bond acceptors (Lipinski definition) is 4. The van der Waals surface area contributed by atoms with Crippen LogP contribution in [0.5, 0.6) is 0 Å². The van der Waals surface area contributed by atoms with Crippen LogP contribution in [0.2, 0.25) is 5.02 Å². The molecule has 6 heteroatoms. The molecule has 0 aliphatic rings. The van der Waals surface area contributed by atoms with Crippen LogP contribution in [0.25, 0.3) is 0 Å². The summed E-state index contributed by atoms with van der Waals surface area (Å²) in [7, 11) is 1.28. The molecule has 0 aliphatic carbocycles. The van der Waals surface area contributed by atoms with Crippen LogP contribution < -0.4 is 5.32 Å². The number of carbonyl (C=O) groups excluding carboxylic acids is 1. The zero-order valence-electron chi connectivity index (χ0n) is 10.9. The molecule has 4 nitrogen and oxygen atoms in total. The summed E-state index contributed by atoms with van der Waals surface area (Å²) in [6.45, 7) is 1.81. The summed E-state index contributed by atoms with van der Waals surface area (Å²) in [5, 5.41) is 3.42. The Morgan fingerprint density at radius 3 is 2.85 bits per heavy atom. The smallest absolute Gasteiger partial charge is 0.373 e. The number of anilines is 1. The Kier molecular flexibility index (Phi) is 4.29. The maximum absolute atomic E-state index is 13.2. The number of benzene rings is 1. The Hall–Kier alpha value is -2.01. The minimum Gasteiger partial charge on any atom is -0.463 e. The number of nitrogens with one attached hydrogen (secondary N) is 1.